The van der Waals surface area contributed by atoms with Gasteiger partial charge in [0.2, 0.25) is 5.95 Å². The number of methoxy groups -OCH3 is 1. The second kappa shape index (κ2) is 9.54. The summed E-state index contributed by atoms with van der Waals surface area (Å²) in [5.74, 6) is 0.619. The van der Waals surface area contributed by atoms with Crippen LogP contribution < -0.4 is 15.5 Å². The van der Waals surface area contributed by atoms with E-state index in [1.54, 1.807) is 30.5 Å². The largest absolute Gasteiger partial charge is 0.465 e. The standard InChI is InChI=1S/C22H25N5O2/c1-4-27(5-2)17-12-10-16(11-13-17)24-22-23-15-14-20(26-22)25-19-9-7-6-8-18(19)21(28)29-3/h6-15H,4-5H2,1-3H3,(H2,23,24,25,26). The molecule has 0 aliphatic rings. The Bertz CT molecular complexity index is 955. The van der Waals surface area contributed by atoms with Gasteiger partial charge in [-0.15, -0.1) is 0 Å². The van der Waals surface area contributed by atoms with Crippen LogP contribution in [-0.2, 0) is 4.74 Å². The number of nitrogens with zero attached hydrogens (tertiary/aromatic N) is 3. The van der Waals surface area contributed by atoms with Crippen molar-refractivity contribution in [2.24, 2.45) is 0 Å². The van der Waals surface area contributed by atoms with Crippen molar-refractivity contribution in [3.8, 4) is 0 Å². The molecular formula is C22H25N5O2. The van der Waals surface area contributed by atoms with Crippen LogP contribution in [0.4, 0.5) is 28.8 Å². The van der Waals surface area contributed by atoms with Crippen LogP contribution in [0, 0.1) is 0 Å². The summed E-state index contributed by atoms with van der Waals surface area (Å²) in [4.78, 5) is 23.0. The number of aromatic nitrogens is 2. The molecule has 0 amide bonds. The van der Waals surface area contributed by atoms with Crippen molar-refractivity contribution in [1.29, 1.82) is 0 Å². The summed E-state index contributed by atoms with van der Waals surface area (Å²) < 4.78 is 4.83. The van der Waals surface area contributed by atoms with Gasteiger partial charge in [-0.2, -0.15) is 4.98 Å². The van der Waals surface area contributed by atoms with Gasteiger partial charge in [0, 0.05) is 30.7 Å². The van der Waals surface area contributed by atoms with Gasteiger partial charge in [0.1, 0.15) is 5.82 Å². The maximum absolute atomic E-state index is 11.9. The fourth-order valence-corrected chi connectivity index (χ4v) is 2.98. The number of para-hydroxylation sites is 1. The number of rotatable bonds is 8. The normalized spacial score (nSPS) is 10.3. The maximum Gasteiger partial charge on any atom is 0.339 e. The predicted molar refractivity (Wildman–Crippen MR) is 116 cm³/mol. The van der Waals surface area contributed by atoms with Crippen molar-refractivity contribution in [2.75, 3.05) is 35.7 Å². The molecule has 0 bridgehead atoms. The number of nitrogens with one attached hydrogen (secondary N) is 2. The first kappa shape index (κ1) is 20.1. The smallest absolute Gasteiger partial charge is 0.339 e. The fourth-order valence-electron chi connectivity index (χ4n) is 2.98. The average Bonchev–Trinajstić information content (AvgIpc) is 2.76. The summed E-state index contributed by atoms with van der Waals surface area (Å²) in [7, 11) is 1.36. The van der Waals surface area contributed by atoms with E-state index in [0.29, 0.717) is 23.0 Å². The molecule has 3 aromatic rings. The molecule has 150 valence electrons. The van der Waals surface area contributed by atoms with Crippen LogP contribution in [0.25, 0.3) is 0 Å². The minimum atomic E-state index is -0.409. The molecule has 0 unspecified atom stereocenters. The lowest BCUT2D eigenvalue weighted by atomic mass is 10.2. The molecule has 0 aliphatic carbocycles. The summed E-state index contributed by atoms with van der Waals surface area (Å²) in [6.07, 6.45) is 1.66. The van der Waals surface area contributed by atoms with Crippen LogP contribution in [-0.4, -0.2) is 36.1 Å². The maximum atomic E-state index is 11.9. The molecule has 29 heavy (non-hydrogen) atoms. The van der Waals surface area contributed by atoms with E-state index in [1.807, 2.05) is 18.2 Å². The fraction of sp³-hybridized carbons (Fsp3) is 0.227. The van der Waals surface area contributed by atoms with E-state index in [4.69, 9.17) is 4.74 Å². The Labute approximate surface area is 170 Å². The monoisotopic (exact) mass is 391 g/mol. The summed E-state index contributed by atoms with van der Waals surface area (Å²) >= 11 is 0. The van der Waals surface area contributed by atoms with Gasteiger partial charge in [-0.05, 0) is 56.3 Å². The molecule has 7 heteroatoms. The van der Waals surface area contributed by atoms with E-state index < -0.39 is 5.97 Å². The van der Waals surface area contributed by atoms with Crippen LogP contribution in [0.1, 0.15) is 24.2 Å². The third-order valence-electron chi connectivity index (χ3n) is 4.50. The highest BCUT2D eigenvalue weighted by Crippen LogP contribution is 2.23. The van der Waals surface area contributed by atoms with Crippen molar-refractivity contribution >= 4 is 34.8 Å². The van der Waals surface area contributed by atoms with Gasteiger partial charge in [0.15, 0.2) is 0 Å². The third-order valence-corrected chi connectivity index (χ3v) is 4.50. The molecule has 0 spiro atoms. The van der Waals surface area contributed by atoms with Crippen LogP contribution in [0.15, 0.2) is 60.8 Å². The molecule has 0 saturated heterocycles. The van der Waals surface area contributed by atoms with Crippen LogP contribution in [0.2, 0.25) is 0 Å². The number of anilines is 5. The van der Waals surface area contributed by atoms with Gasteiger partial charge in [-0.25, -0.2) is 9.78 Å². The molecule has 0 fully saturated rings. The first-order valence-corrected chi connectivity index (χ1v) is 9.54. The number of hydrogen-bond acceptors (Lipinski definition) is 7. The molecule has 0 saturated carbocycles. The average molecular weight is 391 g/mol. The number of hydrogen-bond donors (Lipinski definition) is 2. The first-order valence-electron chi connectivity index (χ1n) is 9.54. The summed E-state index contributed by atoms with van der Waals surface area (Å²) in [5.41, 5.74) is 3.13. The topological polar surface area (TPSA) is 79.4 Å². The van der Waals surface area contributed by atoms with E-state index in [0.717, 1.165) is 18.8 Å². The van der Waals surface area contributed by atoms with Crippen molar-refractivity contribution in [1.82, 2.24) is 9.97 Å². The number of carbonyl (C=O) groups excluding carboxylic acids is 1. The van der Waals surface area contributed by atoms with Gasteiger partial charge < -0.3 is 20.3 Å². The van der Waals surface area contributed by atoms with Crippen molar-refractivity contribution in [3.63, 3.8) is 0 Å². The van der Waals surface area contributed by atoms with Crippen LogP contribution in [0.5, 0.6) is 0 Å². The van der Waals surface area contributed by atoms with E-state index in [2.05, 4.69) is 51.5 Å². The van der Waals surface area contributed by atoms with Crippen molar-refractivity contribution in [2.45, 2.75) is 13.8 Å². The molecule has 2 N–H and O–H groups in total. The Morgan fingerprint density at radius 3 is 2.41 bits per heavy atom. The molecular weight excluding hydrogens is 366 g/mol. The number of ether oxygens (including phenoxy) is 1. The Morgan fingerprint density at radius 1 is 1.00 bits per heavy atom. The third kappa shape index (κ3) is 5.01. The van der Waals surface area contributed by atoms with E-state index in [9.17, 15) is 4.79 Å². The zero-order valence-corrected chi connectivity index (χ0v) is 16.8. The molecule has 1 aromatic heterocycles. The van der Waals surface area contributed by atoms with Gasteiger partial charge in [-0.3, -0.25) is 0 Å². The zero-order valence-electron chi connectivity index (χ0n) is 16.8. The van der Waals surface area contributed by atoms with Crippen LogP contribution in [0.3, 0.4) is 0 Å². The Balaban J connectivity index is 1.75. The molecule has 0 atom stereocenters. The molecule has 0 aliphatic heterocycles. The van der Waals surface area contributed by atoms with Gasteiger partial charge in [0.05, 0.1) is 18.4 Å². The lowest BCUT2D eigenvalue weighted by Gasteiger charge is -2.21. The van der Waals surface area contributed by atoms with Gasteiger partial charge >= 0.3 is 5.97 Å². The minimum Gasteiger partial charge on any atom is -0.465 e. The molecule has 1 heterocycles. The molecule has 7 nitrogen and oxygen atoms in total. The van der Waals surface area contributed by atoms with Crippen LogP contribution >= 0.6 is 0 Å². The second-order valence-corrected chi connectivity index (χ2v) is 6.27. The lowest BCUT2D eigenvalue weighted by molar-refractivity contribution is 0.0602. The Kier molecular flexibility index (Phi) is 6.63. The minimum absolute atomic E-state index is 0.409. The number of esters is 1. The summed E-state index contributed by atoms with van der Waals surface area (Å²) in [5, 5.41) is 6.36. The zero-order chi connectivity index (χ0) is 20.6. The Hall–Kier alpha value is -3.61. The predicted octanol–water partition coefficient (Wildman–Crippen LogP) is 4.60. The molecule has 2 aromatic carbocycles. The number of carbonyl (C=O) groups is 1. The van der Waals surface area contributed by atoms with E-state index in [-0.39, 0.29) is 0 Å². The van der Waals surface area contributed by atoms with Gasteiger partial charge in [-0.1, -0.05) is 12.1 Å². The number of benzene rings is 2. The summed E-state index contributed by atoms with van der Waals surface area (Å²) in [6, 6.07) is 17.0. The highest BCUT2D eigenvalue weighted by Gasteiger charge is 2.12. The SMILES string of the molecule is CCN(CC)c1ccc(Nc2nccc(Nc3ccccc3C(=O)OC)n2)cc1. The molecule has 3 rings (SSSR count). The quantitative estimate of drug-likeness (QED) is 0.543. The van der Waals surface area contributed by atoms with E-state index in [1.165, 1.54) is 12.8 Å². The van der Waals surface area contributed by atoms with E-state index >= 15 is 0 Å². The highest BCUT2D eigenvalue weighted by molar-refractivity contribution is 5.96. The summed E-state index contributed by atoms with van der Waals surface area (Å²) in [6.45, 7) is 6.21. The van der Waals surface area contributed by atoms with Crippen molar-refractivity contribution < 1.29 is 9.53 Å². The highest BCUT2D eigenvalue weighted by atomic mass is 16.5. The van der Waals surface area contributed by atoms with Gasteiger partial charge in [0.25, 0.3) is 0 Å². The lowest BCUT2D eigenvalue weighted by Crippen LogP contribution is -2.21. The first-order chi connectivity index (χ1) is 14.1. The second-order valence-electron chi connectivity index (χ2n) is 6.27. The Morgan fingerprint density at radius 2 is 1.72 bits per heavy atom. The van der Waals surface area contributed by atoms with Crippen molar-refractivity contribution in [3.05, 3.63) is 66.4 Å². The molecule has 0 radical (unpaired) electrons.